The van der Waals surface area contributed by atoms with Crippen LogP contribution in [0.4, 0.5) is 17.1 Å². The highest BCUT2D eigenvalue weighted by molar-refractivity contribution is 8.14. The van der Waals surface area contributed by atoms with E-state index in [0.717, 1.165) is 12.5 Å². The Morgan fingerprint density at radius 3 is 1.93 bits per heavy atom. The third-order valence-corrected chi connectivity index (χ3v) is 5.37. The molecule has 11 nitrogen and oxygen atoms in total. The number of phenolic OH excluding ortho intramolecular Hbond substituents is 1. The quantitative estimate of drug-likeness (QED) is 0.591. The van der Waals surface area contributed by atoms with Crippen molar-refractivity contribution in [2.45, 2.75) is 32.1 Å². The number of benzene rings is 1. The molecule has 0 bridgehead atoms. The highest BCUT2D eigenvalue weighted by Gasteiger charge is 2.30. The van der Waals surface area contributed by atoms with Crippen LogP contribution in [0.3, 0.4) is 0 Å². The summed E-state index contributed by atoms with van der Waals surface area (Å²) in [7, 11) is 0. The number of nitro groups is 3. The molecule has 27 heavy (non-hydrogen) atoms. The molecule has 0 unspecified atom stereocenters. The highest BCUT2D eigenvalue weighted by atomic mass is 32.2. The monoisotopic (exact) mass is 398 g/mol. The van der Waals surface area contributed by atoms with E-state index >= 15 is 0 Å². The van der Waals surface area contributed by atoms with E-state index in [0.29, 0.717) is 12.1 Å². The van der Waals surface area contributed by atoms with E-state index in [-0.39, 0.29) is 0 Å². The lowest BCUT2D eigenvalue weighted by atomic mass is 9.90. The fourth-order valence-electron chi connectivity index (χ4n) is 2.92. The average molecular weight is 398 g/mol. The van der Waals surface area contributed by atoms with Crippen molar-refractivity contribution >= 4 is 33.9 Å². The molecule has 0 radical (unpaired) electrons. The van der Waals surface area contributed by atoms with Crippen LogP contribution in [0.5, 0.6) is 5.75 Å². The minimum atomic E-state index is -1.21. The third-order valence-electron chi connectivity index (χ3n) is 4.22. The van der Waals surface area contributed by atoms with Crippen molar-refractivity contribution < 1.29 is 19.9 Å². The van der Waals surface area contributed by atoms with E-state index in [2.05, 4.69) is 4.99 Å². The second-order valence-corrected chi connectivity index (χ2v) is 7.12. The predicted molar refractivity (Wildman–Crippen MR) is 99.4 cm³/mol. The van der Waals surface area contributed by atoms with Crippen LogP contribution in [0, 0.1) is 36.3 Å². The summed E-state index contributed by atoms with van der Waals surface area (Å²) < 4.78 is 0. The van der Waals surface area contributed by atoms with E-state index < -0.39 is 37.6 Å². The summed E-state index contributed by atoms with van der Waals surface area (Å²) in [4.78, 5) is 32.3. The first-order valence-electron chi connectivity index (χ1n) is 8.28. The summed E-state index contributed by atoms with van der Waals surface area (Å²) >= 11 is 2.00. The Labute approximate surface area is 157 Å². The summed E-state index contributed by atoms with van der Waals surface area (Å²) in [6, 6.07) is 0.894. The summed E-state index contributed by atoms with van der Waals surface area (Å²) in [5.41, 5.74) is -3.00. The Morgan fingerprint density at radius 2 is 1.52 bits per heavy atom. The molecule has 0 spiro atoms. The zero-order valence-corrected chi connectivity index (χ0v) is 15.1. The second kappa shape index (κ2) is 9.26. The van der Waals surface area contributed by atoms with Crippen LogP contribution in [0.1, 0.15) is 32.1 Å². The van der Waals surface area contributed by atoms with E-state index in [4.69, 9.17) is 5.11 Å². The van der Waals surface area contributed by atoms with Crippen molar-refractivity contribution in [3.63, 3.8) is 0 Å². The number of aromatic hydroxyl groups is 1. The molecule has 0 atom stereocenters. The maximum atomic E-state index is 10.4. The molecule has 3 rings (SSSR count). The number of thioether (sulfide) groups is 1. The lowest BCUT2D eigenvalue weighted by Crippen LogP contribution is -2.13. The Kier molecular flexibility index (Phi) is 7.05. The van der Waals surface area contributed by atoms with Gasteiger partial charge in [0, 0.05) is 18.2 Å². The van der Waals surface area contributed by atoms with Crippen molar-refractivity contribution in [2.24, 2.45) is 10.9 Å². The molecular formula is C15H18N4O7S. The van der Waals surface area contributed by atoms with Crippen molar-refractivity contribution in [3.05, 3.63) is 42.5 Å². The van der Waals surface area contributed by atoms with Crippen LogP contribution in [-0.4, -0.2) is 37.2 Å². The van der Waals surface area contributed by atoms with Gasteiger partial charge in [0.05, 0.1) is 31.9 Å². The number of nitro benzene ring substituents is 3. The number of hydrogen-bond acceptors (Lipinski definition) is 9. The minimum absolute atomic E-state index is 0.447. The molecule has 2 aliphatic rings. The number of non-ortho nitro benzene ring substituents is 1. The Morgan fingerprint density at radius 1 is 0.963 bits per heavy atom. The first kappa shape index (κ1) is 20.6. The van der Waals surface area contributed by atoms with E-state index in [1.165, 1.54) is 42.9 Å². The zero-order valence-electron chi connectivity index (χ0n) is 14.3. The largest absolute Gasteiger partial charge is 0.497 e. The standard InChI is InChI=1S/C9H15NS.C6H3N3O7/c1-2-4-8(5-3-1)9-10-6-7-11-9;10-6-4(8(13)14)1-3(7(11)12)2-5(6)9(15)16/h8H,1-7H2;1-2,10H. The molecule has 12 heteroatoms. The molecule has 0 amide bonds. The fraction of sp³-hybridized carbons (Fsp3) is 0.533. The van der Waals surface area contributed by atoms with Gasteiger partial charge in [-0.15, -0.1) is 11.8 Å². The molecule has 1 aliphatic heterocycles. The Bertz CT molecular complexity index is 742. The first-order chi connectivity index (χ1) is 12.8. The van der Waals surface area contributed by atoms with E-state index in [9.17, 15) is 30.3 Å². The number of rotatable bonds is 4. The van der Waals surface area contributed by atoms with Gasteiger partial charge in [-0.3, -0.25) is 35.3 Å². The van der Waals surface area contributed by atoms with Crippen molar-refractivity contribution in [3.8, 4) is 5.75 Å². The topological polar surface area (TPSA) is 162 Å². The Hall–Kier alpha value is -2.76. The Balaban J connectivity index is 0.000000206. The van der Waals surface area contributed by atoms with Gasteiger partial charge in [-0.25, -0.2) is 0 Å². The van der Waals surface area contributed by atoms with Crippen molar-refractivity contribution in [2.75, 3.05) is 12.3 Å². The molecule has 146 valence electrons. The maximum Gasteiger partial charge on any atom is 0.324 e. The highest BCUT2D eigenvalue weighted by Crippen LogP contribution is 2.39. The normalized spacial score (nSPS) is 16.8. The van der Waals surface area contributed by atoms with Crippen LogP contribution in [0.25, 0.3) is 0 Å². The van der Waals surface area contributed by atoms with Gasteiger partial charge in [0.15, 0.2) is 0 Å². The fourth-order valence-corrected chi connectivity index (χ4v) is 3.97. The summed E-state index contributed by atoms with van der Waals surface area (Å²) in [6.45, 7) is 1.08. The number of aliphatic imine (C=N–C) groups is 1. The summed E-state index contributed by atoms with van der Waals surface area (Å²) in [5.74, 6) is 0.892. The van der Waals surface area contributed by atoms with Gasteiger partial charge in [-0.2, -0.15) is 0 Å². The lowest BCUT2D eigenvalue weighted by Gasteiger charge is -2.20. The van der Waals surface area contributed by atoms with Crippen molar-refractivity contribution in [1.82, 2.24) is 0 Å². The summed E-state index contributed by atoms with van der Waals surface area (Å²) in [6.07, 6.45) is 7.14. The van der Waals surface area contributed by atoms with Crippen molar-refractivity contribution in [1.29, 1.82) is 0 Å². The molecule has 1 fully saturated rings. The van der Waals surface area contributed by atoms with Gasteiger partial charge in [0.1, 0.15) is 0 Å². The zero-order chi connectivity index (χ0) is 20.0. The molecule has 1 aliphatic carbocycles. The smallest absolute Gasteiger partial charge is 0.324 e. The molecule has 1 N–H and O–H groups in total. The van der Waals surface area contributed by atoms with Crippen LogP contribution < -0.4 is 0 Å². The minimum Gasteiger partial charge on any atom is -0.497 e. The van der Waals surface area contributed by atoms with E-state index in [1.54, 1.807) is 0 Å². The molecule has 0 saturated heterocycles. The molecule has 0 aromatic heterocycles. The molecule has 1 saturated carbocycles. The number of nitrogens with zero attached hydrogens (tertiary/aromatic N) is 4. The second-order valence-electron chi connectivity index (χ2n) is 6.01. The first-order valence-corrected chi connectivity index (χ1v) is 9.27. The maximum absolute atomic E-state index is 10.4. The van der Waals surface area contributed by atoms with Crippen LogP contribution >= 0.6 is 11.8 Å². The van der Waals surface area contributed by atoms with Crippen LogP contribution in [0.2, 0.25) is 0 Å². The van der Waals surface area contributed by atoms with Gasteiger partial charge in [-0.05, 0) is 12.8 Å². The van der Waals surface area contributed by atoms with Gasteiger partial charge in [-0.1, -0.05) is 19.3 Å². The van der Waals surface area contributed by atoms with Gasteiger partial charge in [0.25, 0.3) is 11.4 Å². The molecule has 1 heterocycles. The number of phenols is 1. The average Bonchev–Trinajstić information content (AvgIpc) is 3.17. The summed E-state index contributed by atoms with van der Waals surface area (Å²) in [5, 5.41) is 41.7. The molecule has 1 aromatic rings. The lowest BCUT2D eigenvalue weighted by molar-refractivity contribution is -0.404. The molecule has 1 aromatic carbocycles. The van der Waals surface area contributed by atoms with Gasteiger partial charge in [0.2, 0.25) is 0 Å². The van der Waals surface area contributed by atoms with Crippen LogP contribution in [0.15, 0.2) is 17.1 Å². The predicted octanol–water partition coefficient (Wildman–Crippen LogP) is 3.83. The van der Waals surface area contributed by atoms with Gasteiger partial charge < -0.3 is 5.11 Å². The van der Waals surface area contributed by atoms with E-state index in [1.807, 2.05) is 11.8 Å². The SMILES string of the molecule is C1CCC(C2=NCCS2)CC1.O=[N+]([O-])c1cc([N+](=O)[O-])c(O)c([N+](=O)[O-])c1. The number of hydrogen-bond donors (Lipinski definition) is 1. The molecular weight excluding hydrogens is 380 g/mol. The third kappa shape index (κ3) is 5.36. The van der Waals surface area contributed by atoms with Crippen LogP contribution in [-0.2, 0) is 0 Å². The van der Waals surface area contributed by atoms with Gasteiger partial charge >= 0.3 is 11.4 Å².